The topological polar surface area (TPSA) is 39.7 Å². The van der Waals surface area contributed by atoms with E-state index >= 15 is 0 Å². The zero-order valence-corrected chi connectivity index (χ0v) is 15.6. The lowest BCUT2D eigenvalue weighted by molar-refractivity contribution is -0.0724. The van der Waals surface area contributed by atoms with E-state index in [4.69, 9.17) is 37.4 Å². The van der Waals surface area contributed by atoms with Crippen LogP contribution >= 0.6 is 23.2 Å². The van der Waals surface area contributed by atoms with Gasteiger partial charge in [-0.05, 0) is 54.9 Å². The van der Waals surface area contributed by atoms with E-state index in [0.717, 1.165) is 36.6 Å². The van der Waals surface area contributed by atoms with Crippen molar-refractivity contribution in [2.45, 2.75) is 12.0 Å². The summed E-state index contributed by atoms with van der Waals surface area (Å²) in [4.78, 5) is 0. The Kier molecular flexibility index (Phi) is 6.07. The van der Waals surface area contributed by atoms with Gasteiger partial charge in [0.15, 0.2) is 0 Å². The third-order valence-corrected chi connectivity index (χ3v) is 5.08. The van der Waals surface area contributed by atoms with Crippen LogP contribution in [0.15, 0.2) is 42.5 Å². The Morgan fingerprint density at radius 1 is 1.04 bits per heavy atom. The second kappa shape index (κ2) is 8.28. The van der Waals surface area contributed by atoms with Gasteiger partial charge in [0, 0.05) is 6.54 Å². The lowest BCUT2D eigenvalue weighted by atomic mass is 9.91. The Morgan fingerprint density at radius 3 is 2.52 bits per heavy atom. The van der Waals surface area contributed by atoms with Crippen LogP contribution in [0.1, 0.15) is 12.0 Å². The van der Waals surface area contributed by atoms with Crippen LogP contribution in [-0.2, 0) is 10.3 Å². The SMILES string of the molecule is COc1ccc(OCC2(c3ccc(Cl)c(Cl)c3)CCNCCO2)cc1. The molecule has 2 aromatic carbocycles. The Morgan fingerprint density at radius 2 is 1.80 bits per heavy atom. The summed E-state index contributed by atoms with van der Waals surface area (Å²) in [6.45, 7) is 2.64. The van der Waals surface area contributed by atoms with Crippen molar-refractivity contribution in [3.05, 3.63) is 58.1 Å². The Labute approximate surface area is 158 Å². The molecule has 1 N–H and O–H groups in total. The van der Waals surface area contributed by atoms with E-state index in [-0.39, 0.29) is 0 Å². The first-order chi connectivity index (χ1) is 12.1. The first kappa shape index (κ1) is 18.3. The first-order valence-electron chi connectivity index (χ1n) is 8.20. The largest absolute Gasteiger partial charge is 0.497 e. The third kappa shape index (κ3) is 4.39. The molecule has 0 aromatic heterocycles. The smallest absolute Gasteiger partial charge is 0.128 e. The predicted octanol–water partition coefficient (Wildman–Crippen LogP) is 4.29. The van der Waals surface area contributed by atoms with Gasteiger partial charge < -0.3 is 19.5 Å². The molecule has 1 unspecified atom stereocenters. The molecule has 25 heavy (non-hydrogen) atoms. The summed E-state index contributed by atoms with van der Waals surface area (Å²) in [7, 11) is 1.64. The van der Waals surface area contributed by atoms with Crippen molar-refractivity contribution in [2.24, 2.45) is 0 Å². The maximum atomic E-state index is 6.23. The molecular formula is C19H21Cl2NO3. The summed E-state index contributed by atoms with van der Waals surface area (Å²) in [6.07, 6.45) is 0.779. The quantitative estimate of drug-likeness (QED) is 0.838. The van der Waals surface area contributed by atoms with Gasteiger partial charge in [-0.1, -0.05) is 29.3 Å². The molecule has 1 aliphatic heterocycles. The summed E-state index contributed by atoms with van der Waals surface area (Å²) in [5, 5.41) is 4.40. The fourth-order valence-corrected chi connectivity index (χ4v) is 3.18. The molecule has 1 heterocycles. The maximum Gasteiger partial charge on any atom is 0.128 e. The number of ether oxygens (including phenoxy) is 3. The second-order valence-corrected chi connectivity index (χ2v) is 6.75. The highest BCUT2D eigenvalue weighted by Crippen LogP contribution is 2.35. The molecule has 6 heteroatoms. The van der Waals surface area contributed by atoms with Crippen molar-refractivity contribution in [2.75, 3.05) is 33.4 Å². The van der Waals surface area contributed by atoms with E-state index < -0.39 is 5.60 Å². The number of hydrogen-bond donors (Lipinski definition) is 1. The van der Waals surface area contributed by atoms with Crippen molar-refractivity contribution >= 4 is 23.2 Å². The van der Waals surface area contributed by atoms with Gasteiger partial charge in [-0.3, -0.25) is 0 Å². The van der Waals surface area contributed by atoms with Crippen LogP contribution in [-0.4, -0.2) is 33.4 Å². The lowest BCUT2D eigenvalue weighted by Gasteiger charge is -2.33. The van der Waals surface area contributed by atoms with Crippen LogP contribution in [0.3, 0.4) is 0 Å². The van der Waals surface area contributed by atoms with Crippen molar-refractivity contribution in [3.8, 4) is 11.5 Å². The van der Waals surface area contributed by atoms with E-state index in [1.54, 1.807) is 13.2 Å². The van der Waals surface area contributed by atoms with Gasteiger partial charge in [0.1, 0.15) is 23.7 Å². The van der Waals surface area contributed by atoms with Crippen LogP contribution in [0, 0.1) is 0 Å². The zero-order chi connectivity index (χ0) is 17.7. The highest BCUT2D eigenvalue weighted by atomic mass is 35.5. The highest BCUT2D eigenvalue weighted by Gasteiger charge is 2.36. The summed E-state index contributed by atoms with van der Waals surface area (Å²) >= 11 is 12.3. The van der Waals surface area contributed by atoms with Crippen LogP contribution in [0.25, 0.3) is 0 Å². The average Bonchev–Trinajstić information content (AvgIpc) is 2.89. The Hall–Kier alpha value is -1.46. The van der Waals surface area contributed by atoms with E-state index in [0.29, 0.717) is 23.3 Å². The minimum absolute atomic E-state index is 0.388. The monoisotopic (exact) mass is 381 g/mol. The standard InChI is InChI=1S/C19H21Cl2NO3/c1-23-15-3-5-16(6-4-15)24-13-19(8-9-22-10-11-25-19)14-2-7-17(20)18(21)12-14/h2-7,12,22H,8-11,13H2,1H3. The van der Waals surface area contributed by atoms with Crippen molar-refractivity contribution in [1.82, 2.24) is 5.32 Å². The molecule has 0 bridgehead atoms. The van der Waals surface area contributed by atoms with Crippen molar-refractivity contribution in [3.63, 3.8) is 0 Å². The summed E-state index contributed by atoms with van der Waals surface area (Å²) < 4.78 is 17.4. The fraction of sp³-hybridized carbons (Fsp3) is 0.368. The van der Waals surface area contributed by atoms with Gasteiger partial charge in [0.05, 0.1) is 23.8 Å². The number of rotatable bonds is 5. The van der Waals surface area contributed by atoms with E-state index in [9.17, 15) is 0 Å². The predicted molar refractivity (Wildman–Crippen MR) is 100 cm³/mol. The fourth-order valence-electron chi connectivity index (χ4n) is 2.88. The normalized spacial score (nSPS) is 20.8. The first-order valence-corrected chi connectivity index (χ1v) is 8.96. The number of methoxy groups -OCH3 is 1. The molecule has 0 spiro atoms. The van der Waals surface area contributed by atoms with Crippen LogP contribution in [0.2, 0.25) is 10.0 Å². The number of halogens is 2. The lowest BCUT2D eigenvalue weighted by Crippen LogP contribution is -2.37. The van der Waals surface area contributed by atoms with Gasteiger partial charge >= 0.3 is 0 Å². The van der Waals surface area contributed by atoms with E-state index in [1.165, 1.54) is 0 Å². The maximum absolute atomic E-state index is 6.23. The molecule has 1 saturated heterocycles. The van der Waals surface area contributed by atoms with Crippen molar-refractivity contribution in [1.29, 1.82) is 0 Å². The minimum atomic E-state index is -0.572. The molecule has 0 radical (unpaired) electrons. The number of benzene rings is 2. The van der Waals surface area contributed by atoms with Gasteiger partial charge in [0.2, 0.25) is 0 Å². The van der Waals surface area contributed by atoms with Gasteiger partial charge in [0.25, 0.3) is 0 Å². The summed E-state index contributed by atoms with van der Waals surface area (Å²) in [5.41, 5.74) is 0.400. The molecule has 1 aliphatic rings. The highest BCUT2D eigenvalue weighted by molar-refractivity contribution is 6.42. The minimum Gasteiger partial charge on any atom is -0.497 e. The summed E-state index contributed by atoms with van der Waals surface area (Å²) in [6, 6.07) is 13.1. The van der Waals surface area contributed by atoms with E-state index in [2.05, 4.69) is 5.32 Å². The summed E-state index contributed by atoms with van der Waals surface area (Å²) in [5.74, 6) is 1.56. The average molecular weight is 382 g/mol. The van der Waals surface area contributed by atoms with E-state index in [1.807, 2.05) is 36.4 Å². The molecule has 134 valence electrons. The van der Waals surface area contributed by atoms with Crippen LogP contribution < -0.4 is 14.8 Å². The van der Waals surface area contributed by atoms with Crippen LogP contribution in [0.4, 0.5) is 0 Å². The number of hydrogen-bond acceptors (Lipinski definition) is 4. The van der Waals surface area contributed by atoms with Crippen molar-refractivity contribution < 1.29 is 14.2 Å². The Balaban J connectivity index is 1.84. The molecular weight excluding hydrogens is 361 g/mol. The molecule has 3 rings (SSSR count). The molecule has 0 saturated carbocycles. The van der Waals surface area contributed by atoms with Gasteiger partial charge in [-0.2, -0.15) is 0 Å². The Bertz CT molecular complexity index is 698. The molecule has 0 amide bonds. The molecule has 4 nitrogen and oxygen atoms in total. The zero-order valence-electron chi connectivity index (χ0n) is 14.1. The molecule has 1 atom stereocenters. The van der Waals surface area contributed by atoms with Gasteiger partial charge in [-0.25, -0.2) is 0 Å². The third-order valence-electron chi connectivity index (χ3n) is 4.34. The second-order valence-electron chi connectivity index (χ2n) is 5.94. The molecule has 0 aliphatic carbocycles. The number of nitrogens with one attached hydrogen (secondary N) is 1. The molecule has 2 aromatic rings. The van der Waals surface area contributed by atoms with Gasteiger partial charge in [-0.15, -0.1) is 0 Å². The molecule has 1 fully saturated rings. The van der Waals surface area contributed by atoms with Crippen LogP contribution in [0.5, 0.6) is 11.5 Å².